The van der Waals surface area contributed by atoms with Crippen LogP contribution in [0.25, 0.3) is 0 Å². The van der Waals surface area contributed by atoms with E-state index in [2.05, 4.69) is 22.1 Å². The predicted molar refractivity (Wildman–Crippen MR) is 93.6 cm³/mol. The maximum absolute atomic E-state index is 12.5. The largest absolute Gasteiger partial charge is 0.431 e. The molecule has 1 aromatic carbocycles. The molecule has 0 aliphatic carbocycles. The first-order valence-corrected chi connectivity index (χ1v) is 9.29. The molecule has 0 spiro atoms. The van der Waals surface area contributed by atoms with Gasteiger partial charge in [0.05, 0.1) is 0 Å². The lowest BCUT2D eigenvalue weighted by atomic mass is 9.80. The number of hydrogen-bond donors (Lipinski definition) is 1. The van der Waals surface area contributed by atoms with Crippen molar-refractivity contribution in [2.24, 2.45) is 5.92 Å². The minimum Gasteiger partial charge on any atom is -0.431 e. The lowest BCUT2D eigenvalue weighted by molar-refractivity contribution is 0.0274. The Kier molecular flexibility index (Phi) is 4.24. The van der Waals surface area contributed by atoms with Crippen molar-refractivity contribution in [2.45, 2.75) is 31.8 Å². The van der Waals surface area contributed by atoms with Gasteiger partial charge in [0.15, 0.2) is 0 Å². The standard InChI is InChI=1S/C18H21N3O2S/c1-12-10-14-6-8-21(12)11-16(14)20-17(22)13-2-4-15(5-3-13)23-18-19-7-9-24-18/h2-5,7,9,12,14,16H,6,8,10-11H2,1H3,(H,20,22). The Balaban J connectivity index is 1.38. The molecule has 3 fully saturated rings. The number of amides is 1. The van der Waals surface area contributed by atoms with E-state index >= 15 is 0 Å². The second-order valence-electron chi connectivity index (χ2n) is 6.63. The van der Waals surface area contributed by atoms with Gasteiger partial charge >= 0.3 is 0 Å². The lowest BCUT2D eigenvalue weighted by Crippen LogP contribution is -2.60. The van der Waals surface area contributed by atoms with Crippen LogP contribution in [-0.2, 0) is 0 Å². The van der Waals surface area contributed by atoms with Gasteiger partial charge in [0.2, 0.25) is 0 Å². The molecular weight excluding hydrogens is 322 g/mol. The molecule has 0 saturated carbocycles. The Bertz CT molecular complexity index is 702. The van der Waals surface area contributed by atoms with Gasteiger partial charge in [0, 0.05) is 35.8 Å². The van der Waals surface area contributed by atoms with Crippen LogP contribution in [0.1, 0.15) is 30.1 Å². The van der Waals surface area contributed by atoms with Crippen molar-refractivity contribution < 1.29 is 9.53 Å². The maximum atomic E-state index is 12.5. The number of hydrogen-bond acceptors (Lipinski definition) is 5. The Morgan fingerprint density at radius 2 is 2.21 bits per heavy atom. The Morgan fingerprint density at radius 3 is 2.83 bits per heavy atom. The van der Waals surface area contributed by atoms with Crippen molar-refractivity contribution in [1.82, 2.24) is 15.2 Å². The molecule has 1 N–H and O–H groups in total. The highest BCUT2D eigenvalue weighted by Crippen LogP contribution is 2.32. The van der Waals surface area contributed by atoms with E-state index in [0.29, 0.717) is 28.5 Å². The van der Waals surface area contributed by atoms with Crippen molar-refractivity contribution in [2.75, 3.05) is 13.1 Å². The summed E-state index contributed by atoms with van der Waals surface area (Å²) in [6.45, 7) is 4.43. The van der Waals surface area contributed by atoms with Crippen LogP contribution >= 0.6 is 11.3 Å². The quantitative estimate of drug-likeness (QED) is 0.926. The molecular formula is C18H21N3O2S. The molecule has 1 amide bonds. The Hall–Kier alpha value is -1.92. The average Bonchev–Trinajstić information content (AvgIpc) is 3.09. The lowest BCUT2D eigenvalue weighted by Gasteiger charge is -2.48. The minimum absolute atomic E-state index is 0.00204. The second-order valence-corrected chi connectivity index (χ2v) is 7.49. The first-order chi connectivity index (χ1) is 11.7. The molecule has 4 heterocycles. The normalized spacial score (nSPS) is 28.5. The van der Waals surface area contributed by atoms with Crippen LogP contribution in [0.15, 0.2) is 35.8 Å². The summed E-state index contributed by atoms with van der Waals surface area (Å²) in [6.07, 6.45) is 4.08. The zero-order valence-corrected chi connectivity index (χ0v) is 14.5. The van der Waals surface area contributed by atoms with Gasteiger partial charge in [-0.25, -0.2) is 4.98 Å². The first-order valence-electron chi connectivity index (χ1n) is 8.41. The molecule has 24 heavy (non-hydrogen) atoms. The van der Waals surface area contributed by atoms with Crippen molar-refractivity contribution in [3.63, 3.8) is 0 Å². The number of thiazole rings is 1. The van der Waals surface area contributed by atoms with E-state index in [9.17, 15) is 4.79 Å². The fraction of sp³-hybridized carbons (Fsp3) is 0.444. The Labute approximate surface area is 145 Å². The zero-order valence-electron chi connectivity index (χ0n) is 13.6. The van der Waals surface area contributed by atoms with Crippen LogP contribution in [0.2, 0.25) is 0 Å². The summed E-state index contributed by atoms with van der Waals surface area (Å²) in [4.78, 5) is 19.1. The number of fused-ring (bicyclic) bond motifs is 3. The molecule has 3 aliphatic heterocycles. The molecule has 126 valence electrons. The van der Waals surface area contributed by atoms with Gasteiger partial charge in [-0.3, -0.25) is 9.69 Å². The van der Waals surface area contributed by atoms with Crippen molar-refractivity contribution in [3.8, 4) is 10.9 Å². The molecule has 1 aromatic heterocycles. The van der Waals surface area contributed by atoms with Gasteiger partial charge in [0.25, 0.3) is 11.1 Å². The zero-order chi connectivity index (χ0) is 16.5. The molecule has 5 nitrogen and oxygen atoms in total. The highest BCUT2D eigenvalue weighted by atomic mass is 32.1. The average molecular weight is 343 g/mol. The molecule has 0 radical (unpaired) electrons. The Morgan fingerprint density at radius 1 is 1.38 bits per heavy atom. The van der Waals surface area contributed by atoms with Crippen molar-refractivity contribution >= 4 is 17.2 Å². The molecule has 3 saturated heterocycles. The van der Waals surface area contributed by atoms with E-state index in [1.807, 2.05) is 29.6 Å². The topological polar surface area (TPSA) is 54.5 Å². The first kappa shape index (κ1) is 15.6. The highest BCUT2D eigenvalue weighted by Gasteiger charge is 2.38. The number of carbonyl (C=O) groups excluding carboxylic acids is 1. The van der Waals surface area contributed by atoms with Gasteiger partial charge in [0.1, 0.15) is 5.75 Å². The molecule has 4 unspecified atom stereocenters. The SMILES string of the molecule is CC1CC2CCN1CC2NC(=O)c1ccc(Oc2nccs2)cc1. The predicted octanol–water partition coefficient (Wildman–Crippen LogP) is 3.15. The summed E-state index contributed by atoms with van der Waals surface area (Å²) in [7, 11) is 0. The summed E-state index contributed by atoms with van der Waals surface area (Å²) in [5, 5.41) is 5.69. The molecule has 2 bridgehead atoms. The number of nitrogens with zero attached hydrogens (tertiary/aromatic N) is 2. The summed E-state index contributed by atoms with van der Waals surface area (Å²) < 4.78 is 5.62. The third kappa shape index (κ3) is 3.16. The van der Waals surface area contributed by atoms with Crippen LogP contribution in [0.4, 0.5) is 0 Å². The van der Waals surface area contributed by atoms with E-state index in [4.69, 9.17) is 4.74 Å². The van der Waals surface area contributed by atoms with E-state index < -0.39 is 0 Å². The van der Waals surface area contributed by atoms with E-state index in [0.717, 1.165) is 6.54 Å². The van der Waals surface area contributed by atoms with Crippen LogP contribution in [0.3, 0.4) is 0 Å². The van der Waals surface area contributed by atoms with Crippen LogP contribution in [-0.4, -0.2) is 41.0 Å². The van der Waals surface area contributed by atoms with Crippen molar-refractivity contribution in [1.29, 1.82) is 0 Å². The summed E-state index contributed by atoms with van der Waals surface area (Å²) in [5.41, 5.74) is 0.672. The number of rotatable bonds is 4. The molecule has 4 atom stereocenters. The van der Waals surface area contributed by atoms with Crippen LogP contribution in [0, 0.1) is 5.92 Å². The highest BCUT2D eigenvalue weighted by molar-refractivity contribution is 7.11. The number of aromatic nitrogens is 1. The monoisotopic (exact) mass is 343 g/mol. The van der Waals surface area contributed by atoms with Gasteiger partial charge in [-0.1, -0.05) is 11.3 Å². The number of ether oxygens (including phenoxy) is 1. The third-order valence-corrected chi connectivity index (χ3v) is 5.75. The maximum Gasteiger partial charge on any atom is 0.278 e. The van der Waals surface area contributed by atoms with E-state index in [-0.39, 0.29) is 11.9 Å². The molecule has 2 aromatic rings. The number of benzene rings is 1. The van der Waals surface area contributed by atoms with Gasteiger partial charge in [-0.15, -0.1) is 0 Å². The summed E-state index contributed by atoms with van der Waals surface area (Å²) in [6, 6.07) is 8.17. The summed E-state index contributed by atoms with van der Waals surface area (Å²) in [5.74, 6) is 1.31. The fourth-order valence-electron chi connectivity index (χ4n) is 3.75. The number of piperidine rings is 3. The number of carbonyl (C=O) groups is 1. The van der Waals surface area contributed by atoms with Crippen molar-refractivity contribution in [3.05, 3.63) is 41.4 Å². The third-order valence-electron chi connectivity index (χ3n) is 5.10. The molecule has 3 aliphatic rings. The molecule has 5 rings (SSSR count). The summed E-state index contributed by atoms with van der Waals surface area (Å²) >= 11 is 1.44. The van der Waals surface area contributed by atoms with Gasteiger partial charge in [-0.2, -0.15) is 0 Å². The van der Waals surface area contributed by atoms with Crippen LogP contribution < -0.4 is 10.1 Å². The fourth-order valence-corrected chi connectivity index (χ4v) is 4.25. The van der Waals surface area contributed by atoms with Gasteiger partial charge in [-0.05, 0) is 56.5 Å². The second kappa shape index (κ2) is 6.53. The van der Waals surface area contributed by atoms with Crippen LogP contribution in [0.5, 0.6) is 10.9 Å². The van der Waals surface area contributed by atoms with E-state index in [1.54, 1.807) is 6.20 Å². The van der Waals surface area contributed by atoms with Gasteiger partial charge < -0.3 is 10.1 Å². The number of nitrogens with one attached hydrogen (secondary N) is 1. The minimum atomic E-state index is 0.00204. The molecule has 6 heteroatoms. The smallest absolute Gasteiger partial charge is 0.278 e. The van der Waals surface area contributed by atoms with E-state index in [1.165, 1.54) is 30.7 Å².